The normalized spacial score (nSPS) is 15.2. The summed E-state index contributed by atoms with van der Waals surface area (Å²) in [5.41, 5.74) is 4.43. The van der Waals surface area contributed by atoms with Crippen LogP contribution in [0.5, 0.6) is 0 Å². The lowest BCUT2D eigenvalue weighted by atomic mass is 9.87. The molecule has 2 aromatic carbocycles. The number of sulfone groups is 1. The lowest BCUT2D eigenvalue weighted by molar-refractivity contribution is 0.0950. The summed E-state index contributed by atoms with van der Waals surface area (Å²) in [5.74, 6) is 1.26. The van der Waals surface area contributed by atoms with E-state index in [1.54, 1.807) is 49.8 Å². The first-order chi connectivity index (χ1) is 18.4. The summed E-state index contributed by atoms with van der Waals surface area (Å²) in [7, 11) is -3.25. The number of oxazole rings is 1. The third-order valence-electron chi connectivity index (χ3n) is 6.86. The van der Waals surface area contributed by atoms with Crippen molar-refractivity contribution in [1.82, 2.24) is 20.3 Å². The van der Waals surface area contributed by atoms with Gasteiger partial charge in [-0.1, -0.05) is 32.0 Å². The van der Waals surface area contributed by atoms with E-state index in [9.17, 15) is 13.2 Å². The zero-order chi connectivity index (χ0) is 26.7. The highest BCUT2D eigenvalue weighted by Crippen LogP contribution is 2.33. The van der Waals surface area contributed by atoms with Crippen LogP contribution < -0.4 is 10.2 Å². The largest absolute Gasteiger partial charge is 0.444 e. The van der Waals surface area contributed by atoms with Crippen LogP contribution in [0.3, 0.4) is 0 Å². The summed E-state index contributed by atoms with van der Waals surface area (Å²) in [4.78, 5) is 28.6. The van der Waals surface area contributed by atoms with Crippen molar-refractivity contribution in [3.63, 3.8) is 0 Å². The number of amides is 1. The van der Waals surface area contributed by atoms with Gasteiger partial charge in [0.2, 0.25) is 11.8 Å². The molecule has 10 heteroatoms. The van der Waals surface area contributed by atoms with E-state index in [-0.39, 0.29) is 16.6 Å². The van der Waals surface area contributed by atoms with E-state index in [1.807, 2.05) is 18.2 Å². The van der Waals surface area contributed by atoms with E-state index in [4.69, 9.17) is 4.42 Å². The van der Waals surface area contributed by atoms with Gasteiger partial charge in [-0.25, -0.2) is 23.4 Å². The maximum absolute atomic E-state index is 13.0. The van der Waals surface area contributed by atoms with Crippen LogP contribution in [0.4, 0.5) is 5.95 Å². The monoisotopic (exact) mass is 531 g/mol. The standard InChI is InChI=1S/C28H29N5O4S/c1-3-20-17-33(28-31-15-23(16-32-28)27-29-11-12-37-27)18-22-13-21(7-10-25(20)22)26(34)30-14-19-5-8-24(9-6-19)38(35,36)4-2/h5-13,15-16,20H,3-4,14,17-18H2,1-2H3,(H,30,34). The zero-order valence-electron chi connectivity index (χ0n) is 21.3. The van der Waals surface area contributed by atoms with Crippen LogP contribution in [-0.4, -0.2) is 41.6 Å². The Morgan fingerprint density at radius 2 is 1.84 bits per heavy atom. The maximum atomic E-state index is 13.0. The average Bonchev–Trinajstić information content (AvgIpc) is 3.50. The summed E-state index contributed by atoms with van der Waals surface area (Å²) in [6, 6.07) is 12.5. The van der Waals surface area contributed by atoms with Gasteiger partial charge in [0.05, 0.1) is 22.4 Å². The molecule has 1 unspecified atom stereocenters. The van der Waals surface area contributed by atoms with Crippen molar-refractivity contribution in [3.8, 4) is 11.5 Å². The Bertz CT molecular complexity index is 1520. The summed E-state index contributed by atoms with van der Waals surface area (Å²) < 4.78 is 29.4. The number of rotatable bonds is 8. The first kappa shape index (κ1) is 25.6. The minimum Gasteiger partial charge on any atom is -0.444 e. The molecule has 1 atom stereocenters. The van der Waals surface area contributed by atoms with Gasteiger partial charge in [-0.2, -0.15) is 0 Å². The molecule has 4 aromatic rings. The highest BCUT2D eigenvalue weighted by atomic mass is 32.2. The molecule has 1 amide bonds. The Morgan fingerprint density at radius 1 is 1.08 bits per heavy atom. The van der Waals surface area contributed by atoms with Gasteiger partial charge in [0.15, 0.2) is 9.84 Å². The van der Waals surface area contributed by atoms with Gasteiger partial charge >= 0.3 is 0 Å². The Kier molecular flexibility index (Phi) is 7.24. The Hall–Kier alpha value is -4.05. The van der Waals surface area contributed by atoms with E-state index in [2.05, 4.69) is 32.1 Å². The molecule has 0 aliphatic carbocycles. The van der Waals surface area contributed by atoms with Crippen LogP contribution in [0, 0.1) is 0 Å². The van der Waals surface area contributed by atoms with Gasteiger partial charge in [0.1, 0.15) is 6.26 Å². The van der Waals surface area contributed by atoms with Crippen molar-refractivity contribution in [2.75, 3.05) is 17.2 Å². The summed E-state index contributed by atoms with van der Waals surface area (Å²) in [6.07, 6.45) is 7.46. The van der Waals surface area contributed by atoms with E-state index in [0.717, 1.165) is 24.1 Å². The molecule has 3 heterocycles. The van der Waals surface area contributed by atoms with Gasteiger partial charge < -0.3 is 14.6 Å². The minimum absolute atomic E-state index is 0.0532. The van der Waals surface area contributed by atoms with Crippen molar-refractivity contribution in [2.45, 2.75) is 44.2 Å². The third kappa shape index (κ3) is 5.31. The molecule has 196 valence electrons. The lowest BCUT2D eigenvalue weighted by Gasteiger charge is -2.34. The molecule has 0 radical (unpaired) electrons. The molecule has 5 rings (SSSR count). The molecule has 0 spiro atoms. The Labute approximate surface area is 221 Å². The number of carbonyl (C=O) groups is 1. The fraction of sp³-hybridized carbons (Fsp3) is 0.286. The number of nitrogens with zero attached hydrogens (tertiary/aromatic N) is 4. The number of aromatic nitrogens is 3. The van der Waals surface area contributed by atoms with Crippen LogP contribution in [0.25, 0.3) is 11.5 Å². The van der Waals surface area contributed by atoms with Crippen LogP contribution in [0.15, 0.2) is 76.6 Å². The third-order valence-corrected chi connectivity index (χ3v) is 8.61. The number of benzene rings is 2. The highest BCUT2D eigenvalue weighted by Gasteiger charge is 2.27. The summed E-state index contributed by atoms with van der Waals surface area (Å²) >= 11 is 0. The second-order valence-corrected chi connectivity index (χ2v) is 11.5. The number of hydrogen-bond acceptors (Lipinski definition) is 8. The first-order valence-corrected chi connectivity index (χ1v) is 14.2. The molecule has 1 aliphatic rings. The van der Waals surface area contributed by atoms with Crippen LogP contribution in [0.2, 0.25) is 0 Å². The SMILES string of the molecule is CCC1CN(c2ncc(-c3ncco3)cn2)Cc2cc(C(=O)NCc3ccc(S(=O)(=O)CC)cc3)ccc21. The zero-order valence-corrected chi connectivity index (χ0v) is 22.1. The van der Waals surface area contributed by atoms with Gasteiger partial charge in [-0.3, -0.25) is 4.79 Å². The van der Waals surface area contributed by atoms with Crippen molar-refractivity contribution >= 4 is 21.7 Å². The molecule has 9 nitrogen and oxygen atoms in total. The van der Waals surface area contributed by atoms with Crippen molar-refractivity contribution in [3.05, 3.63) is 89.6 Å². The highest BCUT2D eigenvalue weighted by molar-refractivity contribution is 7.91. The van der Waals surface area contributed by atoms with E-state index in [1.165, 1.54) is 11.8 Å². The van der Waals surface area contributed by atoms with E-state index in [0.29, 0.717) is 42.0 Å². The second-order valence-electron chi connectivity index (χ2n) is 9.24. The fourth-order valence-electron chi connectivity index (χ4n) is 4.64. The van der Waals surface area contributed by atoms with E-state index < -0.39 is 9.84 Å². The molecule has 1 aliphatic heterocycles. The molecule has 0 saturated carbocycles. The van der Waals surface area contributed by atoms with Crippen molar-refractivity contribution in [2.24, 2.45) is 0 Å². The minimum atomic E-state index is -3.25. The molecule has 1 N–H and O–H groups in total. The second kappa shape index (κ2) is 10.7. The summed E-state index contributed by atoms with van der Waals surface area (Å²) in [6.45, 7) is 5.46. The smallest absolute Gasteiger partial charge is 0.251 e. The predicted octanol–water partition coefficient (Wildman–Crippen LogP) is 4.37. The fourth-order valence-corrected chi connectivity index (χ4v) is 5.53. The summed E-state index contributed by atoms with van der Waals surface area (Å²) in [5, 5.41) is 2.94. The molecule has 0 bridgehead atoms. The van der Waals surface area contributed by atoms with Gasteiger partial charge in [0.25, 0.3) is 5.91 Å². The first-order valence-electron chi connectivity index (χ1n) is 12.6. The van der Waals surface area contributed by atoms with Gasteiger partial charge in [0, 0.05) is 43.5 Å². The molecule has 38 heavy (non-hydrogen) atoms. The molecule has 0 fully saturated rings. The average molecular weight is 532 g/mol. The van der Waals surface area contributed by atoms with Crippen molar-refractivity contribution in [1.29, 1.82) is 0 Å². The number of anilines is 1. The van der Waals surface area contributed by atoms with Crippen LogP contribution in [-0.2, 0) is 22.9 Å². The number of nitrogens with one attached hydrogen (secondary N) is 1. The number of fused-ring (bicyclic) bond motifs is 1. The van der Waals surface area contributed by atoms with Crippen LogP contribution in [0.1, 0.15) is 53.2 Å². The predicted molar refractivity (Wildman–Crippen MR) is 143 cm³/mol. The number of carbonyl (C=O) groups excluding carboxylic acids is 1. The molecule has 0 saturated heterocycles. The lowest BCUT2D eigenvalue weighted by Crippen LogP contribution is -2.35. The van der Waals surface area contributed by atoms with Crippen molar-refractivity contribution < 1.29 is 17.6 Å². The number of hydrogen-bond donors (Lipinski definition) is 1. The molecular weight excluding hydrogens is 502 g/mol. The topological polar surface area (TPSA) is 118 Å². The Balaban J connectivity index is 1.29. The van der Waals surface area contributed by atoms with Gasteiger partial charge in [-0.15, -0.1) is 0 Å². The van der Waals surface area contributed by atoms with E-state index >= 15 is 0 Å². The Morgan fingerprint density at radius 3 is 2.50 bits per heavy atom. The van der Waals surface area contributed by atoms with Crippen LogP contribution >= 0.6 is 0 Å². The molecule has 2 aromatic heterocycles. The quantitative estimate of drug-likeness (QED) is 0.356. The maximum Gasteiger partial charge on any atom is 0.251 e. The molecular formula is C28H29N5O4S. The van der Waals surface area contributed by atoms with Gasteiger partial charge in [-0.05, 0) is 47.4 Å².